The van der Waals surface area contributed by atoms with Crippen LogP contribution >= 0.6 is 0 Å². The Hall–Kier alpha value is -1.78. The number of sulfonamides is 1. The van der Waals surface area contributed by atoms with Crippen LogP contribution in [0.25, 0.3) is 0 Å². The molecule has 0 radical (unpaired) electrons. The summed E-state index contributed by atoms with van der Waals surface area (Å²) < 4.78 is 30.5. The maximum atomic E-state index is 12.3. The van der Waals surface area contributed by atoms with Gasteiger partial charge in [0.05, 0.1) is 36.3 Å². The summed E-state index contributed by atoms with van der Waals surface area (Å²) in [6.45, 7) is 2.22. The van der Waals surface area contributed by atoms with Gasteiger partial charge in [-0.1, -0.05) is 0 Å². The number of rotatable bonds is 5. The zero-order chi connectivity index (χ0) is 17.2. The van der Waals surface area contributed by atoms with Gasteiger partial charge in [0, 0.05) is 26.2 Å². The number of anilines is 1. The first-order valence-electron chi connectivity index (χ1n) is 7.08. The van der Waals surface area contributed by atoms with E-state index in [1.807, 2.05) is 0 Å². The Kier molecular flexibility index (Phi) is 5.17. The molecule has 2 rings (SSSR count). The van der Waals surface area contributed by atoms with Gasteiger partial charge in [-0.3, -0.25) is 4.79 Å². The summed E-state index contributed by atoms with van der Waals surface area (Å²) in [4.78, 5) is 20.1. The standard InChI is InChI=1S/C13H21N5O4S/c1-8-10(4-15-13(14)16-8)12(19)17-11-6-22-5-9(11)7-23(20,21)18(2)3/h4,9,11H,5-7H2,1-3H3,(H,17,19)(H2,14,15,16)/t9-,11-/m0/s1. The van der Waals surface area contributed by atoms with E-state index in [-0.39, 0.29) is 42.8 Å². The third kappa shape index (κ3) is 4.15. The molecule has 0 aromatic carbocycles. The molecule has 1 aliphatic rings. The lowest BCUT2D eigenvalue weighted by Crippen LogP contribution is -2.43. The Morgan fingerprint density at radius 1 is 1.48 bits per heavy atom. The highest BCUT2D eigenvalue weighted by molar-refractivity contribution is 7.89. The van der Waals surface area contributed by atoms with Crippen molar-refractivity contribution in [2.45, 2.75) is 13.0 Å². The van der Waals surface area contributed by atoms with Crippen molar-refractivity contribution in [2.75, 3.05) is 38.8 Å². The van der Waals surface area contributed by atoms with Gasteiger partial charge in [0.2, 0.25) is 16.0 Å². The van der Waals surface area contributed by atoms with E-state index in [9.17, 15) is 13.2 Å². The van der Waals surface area contributed by atoms with E-state index in [1.165, 1.54) is 24.6 Å². The molecule has 2 atom stereocenters. The molecule has 3 N–H and O–H groups in total. The van der Waals surface area contributed by atoms with Crippen LogP contribution in [0.4, 0.5) is 5.95 Å². The fourth-order valence-electron chi connectivity index (χ4n) is 2.30. The molecule has 128 valence electrons. The molecule has 1 aromatic heterocycles. The highest BCUT2D eigenvalue weighted by atomic mass is 32.2. The van der Waals surface area contributed by atoms with Crippen molar-refractivity contribution in [3.05, 3.63) is 17.5 Å². The summed E-state index contributed by atoms with van der Waals surface area (Å²) in [5.41, 5.74) is 6.24. The number of ether oxygens (including phenoxy) is 1. The van der Waals surface area contributed by atoms with Crippen molar-refractivity contribution in [2.24, 2.45) is 5.92 Å². The van der Waals surface area contributed by atoms with Gasteiger partial charge >= 0.3 is 0 Å². The lowest BCUT2D eigenvalue weighted by molar-refractivity contribution is 0.0924. The van der Waals surface area contributed by atoms with E-state index < -0.39 is 10.0 Å². The van der Waals surface area contributed by atoms with Gasteiger partial charge in [-0.25, -0.2) is 22.7 Å². The number of nitrogens with zero attached hydrogens (tertiary/aromatic N) is 3. The van der Waals surface area contributed by atoms with Crippen molar-refractivity contribution >= 4 is 21.9 Å². The minimum atomic E-state index is -3.37. The van der Waals surface area contributed by atoms with Crippen molar-refractivity contribution < 1.29 is 17.9 Å². The van der Waals surface area contributed by atoms with Gasteiger partial charge in [-0.2, -0.15) is 0 Å². The SMILES string of the molecule is Cc1nc(N)ncc1C(=O)N[C@H]1COC[C@H]1CS(=O)(=O)N(C)C. The van der Waals surface area contributed by atoms with Gasteiger partial charge in [0.25, 0.3) is 5.91 Å². The molecular formula is C13H21N5O4S. The molecule has 1 aromatic rings. The van der Waals surface area contributed by atoms with Crippen LogP contribution in [0.5, 0.6) is 0 Å². The molecule has 1 fully saturated rings. The molecular weight excluding hydrogens is 322 g/mol. The maximum Gasteiger partial charge on any atom is 0.255 e. The van der Waals surface area contributed by atoms with Crippen molar-refractivity contribution in [3.63, 3.8) is 0 Å². The van der Waals surface area contributed by atoms with Crippen LogP contribution < -0.4 is 11.1 Å². The van der Waals surface area contributed by atoms with E-state index in [1.54, 1.807) is 6.92 Å². The summed E-state index contributed by atoms with van der Waals surface area (Å²) >= 11 is 0. The van der Waals surface area contributed by atoms with Crippen LogP contribution in [-0.2, 0) is 14.8 Å². The number of carbonyl (C=O) groups excluding carboxylic acids is 1. The average Bonchev–Trinajstić information content (AvgIpc) is 2.84. The quantitative estimate of drug-likeness (QED) is 0.702. The molecule has 0 saturated carbocycles. The second-order valence-electron chi connectivity index (χ2n) is 5.67. The number of amides is 1. The second-order valence-corrected chi connectivity index (χ2v) is 7.89. The minimum Gasteiger partial charge on any atom is -0.379 e. The van der Waals surface area contributed by atoms with Crippen LogP contribution in [0, 0.1) is 12.8 Å². The van der Waals surface area contributed by atoms with Crippen LogP contribution in [0.15, 0.2) is 6.20 Å². The number of carbonyl (C=O) groups is 1. The molecule has 0 aliphatic carbocycles. The van der Waals surface area contributed by atoms with E-state index >= 15 is 0 Å². The Balaban J connectivity index is 2.08. The third-order valence-electron chi connectivity index (χ3n) is 3.74. The zero-order valence-corrected chi connectivity index (χ0v) is 14.1. The summed E-state index contributed by atoms with van der Waals surface area (Å²) in [5.74, 6) is -0.660. The Morgan fingerprint density at radius 3 is 2.78 bits per heavy atom. The first-order valence-corrected chi connectivity index (χ1v) is 8.69. The number of aryl methyl sites for hydroxylation is 1. The molecule has 10 heteroatoms. The first-order chi connectivity index (χ1) is 10.7. The number of nitrogens with two attached hydrogens (primary N) is 1. The smallest absolute Gasteiger partial charge is 0.255 e. The van der Waals surface area contributed by atoms with Crippen LogP contribution in [0.1, 0.15) is 16.1 Å². The fourth-order valence-corrected chi connectivity index (χ4v) is 3.46. The zero-order valence-electron chi connectivity index (χ0n) is 13.3. The normalized spacial score (nSPS) is 21.6. The Bertz CT molecular complexity index is 692. The van der Waals surface area contributed by atoms with Crippen molar-refractivity contribution in [3.8, 4) is 0 Å². The van der Waals surface area contributed by atoms with E-state index in [0.717, 1.165) is 0 Å². The third-order valence-corrected chi connectivity index (χ3v) is 5.70. The Labute approximate surface area is 135 Å². The molecule has 1 aliphatic heterocycles. The summed E-state index contributed by atoms with van der Waals surface area (Å²) in [6, 6.07) is -0.380. The number of nitrogen functional groups attached to an aromatic ring is 1. The summed E-state index contributed by atoms with van der Waals surface area (Å²) in [7, 11) is -0.408. The van der Waals surface area contributed by atoms with Gasteiger partial charge in [-0.05, 0) is 6.92 Å². The van der Waals surface area contributed by atoms with Gasteiger partial charge in [0.1, 0.15) is 0 Å². The van der Waals surface area contributed by atoms with Gasteiger partial charge in [0.15, 0.2) is 0 Å². The fraction of sp³-hybridized carbons (Fsp3) is 0.615. The van der Waals surface area contributed by atoms with Crippen molar-refractivity contribution in [1.82, 2.24) is 19.6 Å². The highest BCUT2D eigenvalue weighted by Crippen LogP contribution is 2.18. The van der Waals surface area contributed by atoms with E-state index in [4.69, 9.17) is 10.5 Å². The van der Waals surface area contributed by atoms with E-state index in [2.05, 4.69) is 15.3 Å². The molecule has 23 heavy (non-hydrogen) atoms. The number of aromatic nitrogens is 2. The average molecular weight is 343 g/mol. The highest BCUT2D eigenvalue weighted by Gasteiger charge is 2.34. The summed E-state index contributed by atoms with van der Waals surface area (Å²) in [5, 5.41) is 2.80. The molecule has 9 nitrogen and oxygen atoms in total. The predicted molar refractivity (Wildman–Crippen MR) is 84.2 cm³/mol. The molecule has 1 amide bonds. The van der Waals surface area contributed by atoms with Gasteiger partial charge in [-0.15, -0.1) is 0 Å². The van der Waals surface area contributed by atoms with E-state index in [0.29, 0.717) is 11.3 Å². The van der Waals surface area contributed by atoms with Gasteiger partial charge < -0.3 is 15.8 Å². The lowest BCUT2D eigenvalue weighted by Gasteiger charge is -2.21. The molecule has 0 unspecified atom stereocenters. The predicted octanol–water partition coefficient (Wildman–Crippen LogP) is -0.997. The monoisotopic (exact) mass is 343 g/mol. The lowest BCUT2D eigenvalue weighted by atomic mass is 10.1. The number of hydrogen-bond donors (Lipinski definition) is 2. The molecule has 1 saturated heterocycles. The molecule has 0 spiro atoms. The largest absolute Gasteiger partial charge is 0.379 e. The number of nitrogens with one attached hydrogen (secondary N) is 1. The molecule has 2 heterocycles. The maximum absolute atomic E-state index is 12.3. The molecule has 0 bridgehead atoms. The van der Waals surface area contributed by atoms with Crippen LogP contribution in [-0.4, -0.2) is 67.7 Å². The van der Waals surface area contributed by atoms with Crippen molar-refractivity contribution in [1.29, 1.82) is 0 Å². The minimum absolute atomic E-state index is 0.0812. The topological polar surface area (TPSA) is 128 Å². The summed E-state index contributed by atoms with van der Waals surface area (Å²) in [6.07, 6.45) is 1.36. The first kappa shape index (κ1) is 17.6. The number of hydrogen-bond acceptors (Lipinski definition) is 7. The van der Waals surface area contributed by atoms with Crippen LogP contribution in [0.3, 0.4) is 0 Å². The second kappa shape index (κ2) is 6.77. The van der Waals surface area contributed by atoms with Crippen LogP contribution in [0.2, 0.25) is 0 Å². The Morgan fingerprint density at radius 2 is 2.17 bits per heavy atom.